The van der Waals surface area contributed by atoms with Crippen LogP contribution in [-0.4, -0.2) is 42.2 Å². The number of carbonyl (C=O) groups is 1. The second-order valence-corrected chi connectivity index (χ2v) is 3.54. The molecule has 0 aromatic carbocycles. The summed E-state index contributed by atoms with van der Waals surface area (Å²) in [5.41, 5.74) is 0. The molecule has 1 saturated heterocycles. The average molecular weight is 210 g/mol. The number of nitrogens with zero attached hydrogens (tertiary/aromatic N) is 1. The van der Waals surface area contributed by atoms with Gasteiger partial charge in [0.2, 0.25) is 0 Å². The summed E-state index contributed by atoms with van der Waals surface area (Å²) in [4.78, 5) is 13.1. The van der Waals surface area contributed by atoms with Gasteiger partial charge in [0, 0.05) is 26.2 Å². The lowest BCUT2D eigenvalue weighted by atomic mass is 10.1. The molecule has 2 heterocycles. The molecule has 2 rings (SSSR count). The van der Waals surface area contributed by atoms with Gasteiger partial charge >= 0.3 is 5.97 Å². The van der Waals surface area contributed by atoms with Crippen molar-refractivity contribution in [2.75, 3.05) is 26.2 Å². The highest BCUT2D eigenvalue weighted by Crippen LogP contribution is 2.21. The fourth-order valence-electron chi connectivity index (χ4n) is 1.85. The largest absolute Gasteiger partial charge is 0.480 e. The van der Waals surface area contributed by atoms with Gasteiger partial charge < -0.3 is 14.8 Å². The Kier molecular flexibility index (Phi) is 3.03. The number of furan rings is 1. The lowest BCUT2D eigenvalue weighted by Gasteiger charge is -2.31. The number of hydrogen-bond donors (Lipinski definition) is 2. The Morgan fingerprint density at radius 2 is 2.27 bits per heavy atom. The molecule has 2 N–H and O–H groups in total. The van der Waals surface area contributed by atoms with Crippen LogP contribution < -0.4 is 5.32 Å². The van der Waals surface area contributed by atoms with Gasteiger partial charge in [-0.2, -0.15) is 0 Å². The molecule has 82 valence electrons. The van der Waals surface area contributed by atoms with E-state index in [1.54, 1.807) is 12.1 Å². The first-order chi connectivity index (χ1) is 7.29. The summed E-state index contributed by atoms with van der Waals surface area (Å²) in [6.45, 7) is 3.12. The summed E-state index contributed by atoms with van der Waals surface area (Å²) in [5.74, 6) is -0.351. The monoisotopic (exact) mass is 210 g/mol. The van der Waals surface area contributed by atoms with E-state index in [1.807, 2.05) is 4.90 Å². The summed E-state index contributed by atoms with van der Waals surface area (Å²) >= 11 is 0. The topological polar surface area (TPSA) is 65.7 Å². The molecular weight excluding hydrogens is 196 g/mol. The van der Waals surface area contributed by atoms with Gasteiger partial charge in [-0.25, -0.2) is 0 Å². The Morgan fingerprint density at radius 1 is 1.53 bits per heavy atom. The van der Waals surface area contributed by atoms with Crippen LogP contribution in [0, 0.1) is 0 Å². The maximum absolute atomic E-state index is 11.2. The molecule has 0 amide bonds. The average Bonchev–Trinajstić information content (AvgIpc) is 2.72. The van der Waals surface area contributed by atoms with Crippen molar-refractivity contribution in [2.45, 2.75) is 6.04 Å². The highest BCUT2D eigenvalue weighted by Gasteiger charge is 2.30. The van der Waals surface area contributed by atoms with Crippen molar-refractivity contribution in [2.24, 2.45) is 0 Å². The molecule has 0 aliphatic carbocycles. The van der Waals surface area contributed by atoms with Crippen LogP contribution >= 0.6 is 0 Å². The van der Waals surface area contributed by atoms with E-state index in [1.165, 1.54) is 6.26 Å². The quantitative estimate of drug-likeness (QED) is 0.751. The first kappa shape index (κ1) is 10.2. The van der Waals surface area contributed by atoms with E-state index in [2.05, 4.69) is 5.32 Å². The Morgan fingerprint density at radius 3 is 2.80 bits per heavy atom. The van der Waals surface area contributed by atoms with Crippen LogP contribution in [0.25, 0.3) is 0 Å². The molecule has 1 aliphatic rings. The van der Waals surface area contributed by atoms with E-state index >= 15 is 0 Å². The third-order valence-corrected chi connectivity index (χ3v) is 2.56. The maximum Gasteiger partial charge on any atom is 0.328 e. The van der Waals surface area contributed by atoms with Crippen LogP contribution in [0.5, 0.6) is 0 Å². The van der Waals surface area contributed by atoms with Crippen LogP contribution in [0.15, 0.2) is 22.8 Å². The Balaban J connectivity index is 2.15. The smallest absolute Gasteiger partial charge is 0.328 e. The second kappa shape index (κ2) is 4.46. The minimum Gasteiger partial charge on any atom is -0.480 e. The number of carboxylic acids is 1. The Bertz CT molecular complexity index is 317. The molecule has 1 aliphatic heterocycles. The molecule has 0 spiro atoms. The normalized spacial score (nSPS) is 20.0. The van der Waals surface area contributed by atoms with Crippen molar-refractivity contribution in [3.63, 3.8) is 0 Å². The minimum absolute atomic E-state index is 0.504. The molecule has 0 bridgehead atoms. The van der Waals surface area contributed by atoms with Crippen LogP contribution in [0.4, 0.5) is 0 Å². The van der Waals surface area contributed by atoms with Crippen LogP contribution in [0.1, 0.15) is 11.8 Å². The summed E-state index contributed by atoms with van der Waals surface area (Å²) in [6, 6.07) is 2.77. The highest BCUT2D eigenvalue weighted by atomic mass is 16.4. The standard InChI is InChI=1S/C10H14N2O3/c13-10(14)9(8-2-1-7-15-8)12-5-3-11-4-6-12/h1-2,7,9,11H,3-6H2,(H,13,14)/t9-/m0/s1. The Labute approximate surface area is 87.7 Å². The van der Waals surface area contributed by atoms with Crippen molar-refractivity contribution in [3.8, 4) is 0 Å². The fourth-order valence-corrected chi connectivity index (χ4v) is 1.85. The number of aliphatic carboxylic acids is 1. The molecule has 1 aromatic rings. The van der Waals surface area contributed by atoms with Gasteiger partial charge in [0.25, 0.3) is 0 Å². The summed E-state index contributed by atoms with van der Waals surface area (Å²) in [5, 5.41) is 12.4. The number of rotatable bonds is 3. The van der Waals surface area contributed by atoms with Gasteiger partial charge in [-0.15, -0.1) is 0 Å². The van der Waals surface area contributed by atoms with E-state index in [0.29, 0.717) is 5.76 Å². The molecule has 1 atom stereocenters. The van der Waals surface area contributed by atoms with Crippen molar-refractivity contribution < 1.29 is 14.3 Å². The number of hydrogen-bond acceptors (Lipinski definition) is 4. The first-order valence-corrected chi connectivity index (χ1v) is 5.00. The highest BCUT2D eigenvalue weighted by molar-refractivity contribution is 5.74. The lowest BCUT2D eigenvalue weighted by molar-refractivity contribution is -0.144. The first-order valence-electron chi connectivity index (χ1n) is 5.00. The zero-order valence-corrected chi connectivity index (χ0v) is 8.35. The molecule has 0 saturated carbocycles. The SMILES string of the molecule is O=C(O)[C@H](c1ccco1)N1CCNCC1. The third-order valence-electron chi connectivity index (χ3n) is 2.56. The predicted molar refractivity (Wildman–Crippen MR) is 53.5 cm³/mol. The minimum atomic E-state index is -0.855. The number of piperazine rings is 1. The van der Waals surface area contributed by atoms with Crippen LogP contribution in [0.2, 0.25) is 0 Å². The molecule has 15 heavy (non-hydrogen) atoms. The van der Waals surface area contributed by atoms with E-state index < -0.39 is 12.0 Å². The molecule has 0 unspecified atom stereocenters. The van der Waals surface area contributed by atoms with Crippen molar-refractivity contribution >= 4 is 5.97 Å². The van der Waals surface area contributed by atoms with Gasteiger partial charge in [-0.05, 0) is 12.1 Å². The predicted octanol–water partition coefficient (Wildman–Crippen LogP) is 0.311. The fraction of sp³-hybridized carbons (Fsp3) is 0.500. The van der Waals surface area contributed by atoms with Crippen LogP contribution in [0.3, 0.4) is 0 Å². The van der Waals surface area contributed by atoms with Gasteiger partial charge in [0.15, 0.2) is 6.04 Å². The zero-order chi connectivity index (χ0) is 10.7. The zero-order valence-electron chi connectivity index (χ0n) is 8.35. The van der Waals surface area contributed by atoms with Gasteiger partial charge in [-0.1, -0.05) is 0 Å². The summed E-state index contributed by atoms with van der Waals surface area (Å²) < 4.78 is 5.17. The molecule has 1 aromatic heterocycles. The van der Waals surface area contributed by atoms with E-state index in [-0.39, 0.29) is 0 Å². The van der Waals surface area contributed by atoms with Gasteiger partial charge in [-0.3, -0.25) is 9.69 Å². The maximum atomic E-state index is 11.2. The second-order valence-electron chi connectivity index (χ2n) is 3.54. The van der Waals surface area contributed by atoms with Crippen molar-refractivity contribution in [1.29, 1.82) is 0 Å². The molecule has 5 nitrogen and oxygen atoms in total. The third kappa shape index (κ3) is 2.19. The van der Waals surface area contributed by atoms with E-state index in [4.69, 9.17) is 4.42 Å². The summed E-state index contributed by atoms with van der Waals surface area (Å²) in [7, 11) is 0. The van der Waals surface area contributed by atoms with Gasteiger partial charge in [0.1, 0.15) is 5.76 Å². The van der Waals surface area contributed by atoms with Crippen molar-refractivity contribution in [3.05, 3.63) is 24.2 Å². The number of nitrogens with one attached hydrogen (secondary N) is 1. The Hall–Kier alpha value is -1.33. The van der Waals surface area contributed by atoms with Crippen molar-refractivity contribution in [1.82, 2.24) is 10.2 Å². The number of carboxylic acid groups (broad SMARTS) is 1. The lowest BCUT2D eigenvalue weighted by Crippen LogP contribution is -2.47. The molecule has 1 fully saturated rings. The molecule has 0 radical (unpaired) electrons. The molecular formula is C10H14N2O3. The molecule has 5 heteroatoms. The van der Waals surface area contributed by atoms with E-state index in [9.17, 15) is 9.90 Å². The van der Waals surface area contributed by atoms with E-state index in [0.717, 1.165) is 26.2 Å². The van der Waals surface area contributed by atoms with Gasteiger partial charge in [0.05, 0.1) is 6.26 Å². The van der Waals surface area contributed by atoms with Crippen LogP contribution in [-0.2, 0) is 4.79 Å². The summed E-state index contributed by atoms with van der Waals surface area (Å²) in [6.07, 6.45) is 1.51.